The van der Waals surface area contributed by atoms with Crippen molar-refractivity contribution in [2.45, 2.75) is 32.2 Å². The predicted octanol–water partition coefficient (Wildman–Crippen LogP) is 4.81. The molecule has 2 aromatic carbocycles. The molecular weight excluding hydrogens is 346 g/mol. The topological polar surface area (TPSA) is 37.3 Å². The fourth-order valence-corrected chi connectivity index (χ4v) is 4.31. The molecule has 0 unspecified atom stereocenters. The van der Waals surface area contributed by atoms with Gasteiger partial charge in [-0.2, -0.15) is 0 Å². The molecule has 1 aliphatic heterocycles. The van der Waals surface area contributed by atoms with Crippen LogP contribution in [0.4, 0.5) is 5.69 Å². The van der Waals surface area contributed by atoms with E-state index in [0.717, 1.165) is 31.7 Å². The van der Waals surface area contributed by atoms with E-state index in [0.29, 0.717) is 12.3 Å². The van der Waals surface area contributed by atoms with E-state index in [1.807, 2.05) is 30.3 Å². The average molecular weight is 376 g/mol. The number of rotatable bonds is 6. The highest BCUT2D eigenvalue weighted by Gasteiger charge is 2.21. The number of aryl methyl sites for hydroxylation is 1. The van der Waals surface area contributed by atoms with Crippen molar-refractivity contribution in [3.05, 3.63) is 66.4 Å². The molecule has 1 amide bonds. The quantitative estimate of drug-likeness (QED) is 0.671. The molecule has 1 N–H and O–H groups in total. The number of piperidine rings is 1. The lowest BCUT2D eigenvalue weighted by Gasteiger charge is -2.31. The van der Waals surface area contributed by atoms with Gasteiger partial charge in [-0.25, -0.2) is 0 Å². The van der Waals surface area contributed by atoms with Crippen molar-refractivity contribution in [2.24, 2.45) is 13.0 Å². The second-order valence-corrected chi connectivity index (χ2v) is 7.95. The van der Waals surface area contributed by atoms with Crippen LogP contribution < -0.4 is 5.32 Å². The van der Waals surface area contributed by atoms with Crippen LogP contribution in [-0.4, -0.2) is 28.5 Å². The van der Waals surface area contributed by atoms with Gasteiger partial charge in [0.05, 0.1) is 0 Å². The van der Waals surface area contributed by atoms with E-state index in [2.05, 4.69) is 52.3 Å². The average Bonchev–Trinajstić information content (AvgIpc) is 3.04. The standard InChI is InChI=1S/C24H29N3O/c1-26-17-20(22-9-5-6-10-23(22)26)18-27-15-13-19(14-16-27)11-12-24(28)25-21-7-3-2-4-8-21/h2-10,17,19H,11-16,18H2,1H3,(H,25,28). The van der Waals surface area contributed by atoms with Gasteiger partial charge in [0.2, 0.25) is 5.91 Å². The van der Waals surface area contributed by atoms with Crippen molar-refractivity contribution in [1.82, 2.24) is 9.47 Å². The van der Waals surface area contributed by atoms with Crippen molar-refractivity contribution in [1.29, 1.82) is 0 Å². The summed E-state index contributed by atoms with van der Waals surface area (Å²) < 4.78 is 2.22. The summed E-state index contributed by atoms with van der Waals surface area (Å²) in [5, 5.41) is 4.36. The summed E-state index contributed by atoms with van der Waals surface area (Å²) in [6.07, 6.45) is 6.24. The lowest BCUT2D eigenvalue weighted by atomic mass is 9.92. The van der Waals surface area contributed by atoms with Crippen LogP contribution in [0.5, 0.6) is 0 Å². The highest BCUT2D eigenvalue weighted by molar-refractivity contribution is 5.90. The van der Waals surface area contributed by atoms with Crippen LogP contribution in [0.3, 0.4) is 0 Å². The molecular formula is C24H29N3O. The summed E-state index contributed by atoms with van der Waals surface area (Å²) in [6, 6.07) is 18.4. The minimum atomic E-state index is 0.129. The first-order chi connectivity index (χ1) is 13.7. The largest absolute Gasteiger partial charge is 0.350 e. The molecule has 3 aromatic rings. The molecule has 4 nitrogen and oxygen atoms in total. The molecule has 0 bridgehead atoms. The van der Waals surface area contributed by atoms with E-state index in [1.165, 1.54) is 29.3 Å². The maximum absolute atomic E-state index is 12.2. The van der Waals surface area contributed by atoms with E-state index >= 15 is 0 Å². The van der Waals surface area contributed by atoms with Gasteiger partial charge in [0.25, 0.3) is 0 Å². The Kier molecular flexibility index (Phi) is 5.77. The Morgan fingerprint density at radius 3 is 2.54 bits per heavy atom. The van der Waals surface area contributed by atoms with Crippen molar-refractivity contribution in [3.63, 3.8) is 0 Å². The number of para-hydroxylation sites is 2. The van der Waals surface area contributed by atoms with Crippen LogP contribution in [-0.2, 0) is 18.4 Å². The number of likely N-dealkylation sites (tertiary alicyclic amines) is 1. The molecule has 1 saturated heterocycles. The predicted molar refractivity (Wildman–Crippen MR) is 115 cm³/mol. The number of anilines is 1. The van der Waals surface area contributed by atoms with Crippen molar-refractivity contribution in [2.75, 3.05) is 18.4 Å². The second kappa shape index (κ2) is 8.61. The first kappa shape index (κ1) is 18.8. The summed E-state index contributed by atoms with van der Waals surface area (Å²) in [6.45, 7) is 3.25. The number of nitrogens with one attached hydrogen (secondary N) is 1. The first-order valence-corrected chi connectivity index (χ1v) is 10.3. The molecule has 28 heavy (non-hydrogen) atoms. The minimum absolute atomic E-state index is 0.129. The number of carbonyl (C=O) groups excluding carboxylic acids is 1. The molecule has 4 rings (SSSR count). The third kappa shape index (κ3) is 4.45. The number of hydrogen-bond acceptors (Lipinski definition) is 2. The second-order valence-electron chi connectivity index (χ2n) is 7.95. The highest BCUT2D eigenvalue weighted by atomic mass is 16.1. The van der Waals surface area contributed by atoms with E-state index < -0.39 is 0 Å². The molecule has 0 atom stereocenters. The molecule has 1 aromatic heterocycles. The van der Waals surface area contributed by atoms with Crippen molar-refractivity contribution in [3.8, 4) is 0 Å². The number of aromatic nitrogens is 1. The van der Waals surface area contributed by atoms with Crippen LogP contribution in [0.25, 0.3) is 10.9 Å². The van der Waals surface area contributed by atoms with E-state index in [4.69, 9.17) is 0 Å². The van der Waals surface area contributed by atoms with E-state index in [9.17, 15) is 4.79 Å². The summed E-state index contributed by atoms with van der Waals surface area (Å²) in [5.74, 6) is 0.787. The zero-order chi connectivity index (χ0) is 19.3. The van der Waals surface area contributed by atoms with Gasteiger partial charge in [-0.15, -0.1) is 0 Å². The fourth-order valence-electron chi connectivity index (χ4n) is 4.31. The van der Waals surface area contributed by atoms with Gasteiger partial charge in [-0.3, -0.25) is 9.69 Å². The lowest BCUT2D eigenvalue weighted by molar-refractivity contribution is -0.116. The van der Waals surface area contributed by atoms with E-state index in [-0.39, 0.29) is 5.91 Å². The van der Waals surface area contributed by atoms with Gasteiger partial charge in [0, 0.05) is 42.8 Å². The zero-order valence-electron chi connectivity index (χ0n) is 16.6. The monoisotopic (exact) mass is 375 g/mol. The Bertz CT molecular complexity index is 923. The van der Waals surface area contributed by atoms with Crippen LogP contribution in [0.15, 0.2) is 60.8 Å². The number of nitrogens with zero attached hydrogens (tertiary/aromatic N) is 2. The fraction of sp³-hybridized carbons (Fsp3) is 0.375. The van der Waals surface area contributed by atoms with Crippen LogP contribution in [0, 0.1) is 5.92 Å². The van der Waals surface area contributed by atoms with Crippen LogP contribution in [0.1, 0.15) is 31.2 Å². The molecule has 0 radical (unpaired) electrons. The third-order valence-corrected chi connectivity index (χ3v) is 5.92. The molecule has 4 heteroatoms. The Morgan fingerprint density at radius 1 is 1.04 bits per heavy atom. The van der Waals surface area contributed by atoms with Gasteiger partial charge < -0.3 is 9.88 Å². The Labute approximate surface area is 167 Å². The summed E-state index contributed by atoms with van der Waals surface area (Å²) in [5.41, 5.74) is 3.60. The van der Waals surface area contributed by atoms with Gasteiger partial charge >= 0.3 is 0 Å². The normalized spacial score (nSPS) is 15.8. The molecule has 0 aliphatic carbocycles. The van der Waals surface area contributed by atoms with Gasteiger partial charge in [0.15, 0.2) is 0 Å². The molecule has 146 valence electrons. The maximum Gasteiger partial charge on any atom is 0.224 e. The number of benzene rings is 2. The minimum Gasteiger partial charge on any atom is -0.350 e. The number of amides is 1. The smallest absolute Gasteiger partial charge is 0.224 e. The maximum atomic E-state index is 12.2. The Balaban J connectivity index is 1.24. The molecule has 1 aliphatic rings. The lowest BCUT2D eigenvalue weighted by Crippen LogP contribution is -2.33. The van der Waals surface area contributed by atoms with Crippen molar-refractivity contribution >= 4 is 22.5 Å². The third-order valence-electron chi connectivity index (χ3n) is 5.92. The van der Waals surface area contributed by atoms with Gasteiger partial charge in [-0.1, -0.05) is 36.4 Å². The van der Waals surface area contributed by atoms with Gasteiger partial charge in [0.1, 0.15) is 0 Å². The highest BCUT2D eigenvalue weighted by Crippen LogP contribution is 2.26. The summed E-state index contributed by atoms with van der Waals surface area (Å²) in [4.78, 5) is 14.7. The number of hydrogen-bond donors (Lipinski definition) is 1. The van der Waals surface area contributed by atoms with Gasteiger partial charge in [-0.05, 0) is 62.0 Å². The van der Waals surface area contributed by atoms with Crippen LogP contribution in [0.2, 0.25) is 0 Å². The molecule has 2 heterocycles. The molecule has 0 saturated carbocycles. The first-order valence-electron chi connectivity index (χ1n) is 10.3. The SMILES string of the molecule is Cn1cc(CN2CCC(CCC(=O)Nc3ccccc3)CC2)c2ccccc21. The number of carbonyl (C=O) groups is 1. The number of fused-ring (bicyclic) bond motifs is 1. The Morgan fingerprint density at radius 2 is 1.75 bits per heavy atom. The summed E-state index contributed by atoms with van der Waals surface area (Å²) in [7, 11) is 2.12. The van der Waals surface area contributed by atoms with E-state index in [1.54, 1.807) is 0 Å². The zero-order valence-corrected chi connectivity index (χ0v) is 16.6. The Hall–Kier alpha value is -2.59. The molecule has 0 spiro atoms. The van der Waals surface area contributed by atoms with Crippen LogP contribution >= 0.6 is 0 Å². The summed E-state index contributed by atoms with van der Waals surface area (Å²) >= 11 is 0. The van der Waals surface area contributed by atoms with Crippen molar-refractivity contribution < 1.29 is 4.79 Å². The molecule has 1 fully saturated rings.